The Labute approximate surface area is 134 Å². The van der Waals surface area contributed by atoms with E-state index < -0.39 is 0 Å². The summed E-state index contributed by atoms with van der Waals surface area (Å²) < 4.78 is 5.40. The van der Waals surface area contributed by atoms with Crippen molar-refractivity contribution in [1.82, 2.24) is 10.3 Å². The highest BCUT2D eigenvalue weighted by Crippen LogP contribution is 2.43. The predicted molar refractivity (Wildman–Crippen MR) is 87.7 cm³/mol. The minimum absolute atomic E-state index is 0.00218. The van der Waals surface area contributed by atoms with Crippen molar-refractivity contribution in [3.8, 4) is 5.75 Å². The first-order valence-electron chi connectivity index (χ1n) is 7.46. The molecule has 1 amide bonds. The first kappa shape index (κ1) is 15.0. The van der Waals surface area contributed by atoms with Crippen LogP contribution >= 0.6 is 11.3 Å². The lowest BCUT2D eigenvalue weighted by Gasteiger charge is -2.12. The quantitative estimate of drug-likeness (QED) is 0.917. The van der Waals surface area contributed by atoms with Crippen LogP contribution < -0.4 is 10.1 Å². The second-order valence-corrected chi connectivity index (χ2v) is 6.62. The van der Waals surface area contributed by atoms with Gasteiger partial charge in [-0.25, -0.2) is 0 Å². The van der Waals surface area contributed by atoms with Crippen LogP contribution in [0, 0.1) is 13.8 Å². The molecule has 1 saturated carbocycles. The van der Waals surface area contributed by atoms with E-state index in [9.17, 15) is 4.79 Å². The van der Waals surface area contributed by atoms with Crippen LogP contribution in [-0.4, -0.2) is 18.0 Å². The normalized spacial score (nSPS) is 14.0. The van der Waals surface area contributed by atoms with Crippen LogP contribution in [0.5, 0.6) is 5.75 Å². The van der Waals surface area contributed by atoms with Crippen LogP contribution in [-0.2, 0) is 6.54 Å². The Kier molecular flexibility index (Phi) is 4.16. The summed E-state index contributed by atoms with van der Waals surface area (Å²) in [5.41, 5.74) is 4.04. The largest absolute Gasteiger partial charge is 0.496 e. The molecule has 0 spiro atoms. The van der Waals surface area contributed by atoms with Crippen molar-refractivity contribution in [2.75, 3.05) is 7.11 Å². The van der Waals surface area contributed by atoms with Crippen LogP contribution in [0.15, 0.2) is 17.6 Å². The fourth-order valence-corrected chi connectivity index (χ4v) is 3.61. The third-order valence-electron chi connectivity index (χ3n) is 4.09. The van der Waals surface area contributed by atoms with E-state index in [1.165, 1.54) is 29.7 Å². The number of carbonyl (C=O) groups is 1. The van der Waals surface area contributed by atoms with Gasteiger partial charge in [0.25, 0.3) is 5.91 Å². The number of aryl methyl sites for hydroxylation is 1. The molecule has 0 bridgehead atoms. The van der Waals surface area contributed by atoms with Crippen LogP contribution in [0.4, 0.5) is 0 Å². The van der Waals surface area contributed by atoms with Crippen LogP contribution in [0.2, 0.25) is 0 Å². The molecule has 0 unspecified atom stereocenters. The van der Waals surface area contributed by atoms with E-state index in [1.807, 2.05) is 19.2 Å². The van der Waals surface area contributed by atoms with Crippen molar-refractivity contribution >= 4 is 17.2 Å². The SMILES string of the molecule is COc1c(C)cnc(CNC(=O)c2sccc2C2CC2)c1C. The van der Waals surface area contributed by atoms with E-state index in [1.54, 1.807) is 13.3 Å². The van der Waals surface area contributed by atoms with Gasteiger partial charge in [0.15, 0.2) is 0 Å². The van der Waals surface area contributed by atoms with Gasteiger partial charge in [-0.3, -0.25) is 9.78 Å². The molecule has 0 radical (unpaired) electrons. The topological polar surface area (TPSA) is 51.2 Å². The zero-order valence-corrected chi connectivity index (χ0v) is 13.9. The second kappa shape index (κ2) is 6.08. The molecule has 0 saturated heterocycles. The number of hydrogen-bond donors (Lipinski definition) is 1. The molecular weight excluding hydrogens is 296 g/mol. The smallest absolute Gasteiger partial charge is 0.261 e. The minimum atomic E-state index is -0.00218. The van der Waals surface area contributed by atoms with E-state index in [0.717, 1.165) is 27.4 Å². The lowest BCUT2D eigenvalue weighted by molar-refractivity contribution is 0.0953. The molecule has 22 heavy (non-hydrogen) atoms. The van der Waals surface area contributed by atoms with E-state index >= 15 is 0 Å². The van der Waals surface area contributed by atoms with E-state index in [-0.39, 0.29) is 5.91 Å². The Balaban J connectivity index is 1.72. The molecular formula is C17H20N2O2S. The molecule has 1 aliphatic rings. The number of rotatable bonds is 5. The highest BCUT2D eigenvalue weighted by atomic mass is 32.1. The van der Waals surface area contributed by atoms with Crippen LogP contribution in [0.1, 0.15) is 50.8 Å². The van der Waals surface area contributed by atoms with Crippen molar-refractivity contribution in [3.63, 3.8) is 0 Å². The van der Waals surface area contributed by atoms with E-state index in [0.29, 0.717) is 12.5 Å². The maximum Gasteiger partial charge on any atom is 0.261 e. The van der Waals surface area contributed by atoms with Crippen LogP contribution in [0.25, 0.3) is 0 Å². The summed E-state index contributed by atoms with van der Waals surface area (Å²) in [5.74, 6) is 1.43. The summed E-state index contributed by atoms with van der Waals surface area (Å²) in [6, 6.07) is 2.08. The first-order valence-corrected chi connectivity index (χ1v) is 8.34. The Morgan fingerprint density at radius 2 is 2.23 bits per heavy atom. The lowest BCUT2D eigenvalue weighted by atomic mass is 10.1. The summed E-state index contributed by atoms with van der Waals surface area (Å²) >= 11 is 1.52. The predicted octanol–water partition coefficient (Wildman–Crippen LogP) is 3.58. The molecule has 116 valence electrons. The number of hydrogen-bond acceptors (Lipinski definition) is 4. The van der Waals surface area contributed by atoms with E-state index in [2.05, 4.69) is 16.4 Å². The molecule has 1 N–H and O–H groups in total. The fourth-order valence-electron chi connectivity index (χ4n) is 2.71. The fraction of sp³-hybridized carbons (Fsp3) is 0.412. The van der Waals surface area contributed by atoms with Gasteiger partial charge < -0.3 is 10.1 Å². The highest BCUT2D eigenvalue weighted by molar-refractivity contribution is 7.12. The zero-order valence-electron chi connectivity index (χ0n) is 13.1. The molecule has 4 nitrogen and oxygen atoms in total. The molecule has 3 rings (SSSR count). The summed E-state index contributed by atoms with van der Waals surface area (Å²) in [7, 11) is 1.66. The number of methoxy groups -OCH3 is 1. The van der Waals surface area contributed by atoms with Gasteiger partial charge in [0, 0.05) is 17.3 Å². The highest BCUT2D eigenvalue weighted by Gasteiger charge is 2.28. The number of nitrogens with one attached hydrogen (secondary N) is 1. The minimum Gasteiger partial charge on any atom is -0.496 e. The number of pyridine rings is 1. The van der Waals surface area contributed by atoms with E-state index in [4.69, 9.17) is 4.74 Å². The number of carbonyl (C=O) groups excluding carboxylic acids is 1. The Morgan fingerprint density at radius 3 is 2.91 bits per heavy atom. The Hall–Kier alpha value is -1.88. The number of amides is 1. The Bertz CT molecular complexity index is 705. The van der Waals surface area contributed by atoms with Crippen molar-refractivity contribution in [1.29, 1.82) is 0 Å². The molecule has 2 aromatic heterocycles. The maximum atomic E-state index is 12.4. The third-order valence-corrected chi connectivity index (χ3v) is 5.01. The van der Waals surface area contributed by atoms with Crippen molar-refractivity contribution in [2.24, 2.45) is 0 Å². The number of thiophene rings is 1. The van der Waals surface area contributed by atoms with Gasteiger partial charge in [-0.2, -0.15) is 0 Å². The molecule has 0 aromatic carbocycles. The van der Waals surface area contributed by atoms with Gasteiger partial charge in [-0.15, -0.1) is 11.3 Å². The molecule has 1 fully saturated rings. The Morgan fingerprint density at radius 1 is 1.45 bits per heavy atom. The molecule has 5 heteroatoms. The summed E-state index contributed by atoms with van der Waals surface area (Å²) in [6.07, 6.45) is 4.19. The molecule has 0 atom stereocenters. The van der Waals surface area contributed by atoms with Crippen LogP contribution in [0.3, 0.4) is 0 Å². The van der Waals surface area contributed by atoms with Crippen molar-refractivity contribution < 1.29 is 9.53 Å². The average Bonchev–Trinajstić information content (AvgIpc) is 3.23. The molecule has 2 aromatic rings. The van der Waals surface area contributed by atoms with Gasteiger partial charge >= 0.3 is 0 Å². The van der Waals surface area contributed by atoms with Crippen molar-refractivity contribution in [2.45, 2.75) is 39.2 Å². The van der Waals surface area contributed by atoms with Gasteiger partial charge in [0.1, 0.15) is 5.75 Å². The third kappa shape index (κ3) is 2.86. The maximum absolute atomic E-state index is 12.4. The number of ether oxygens (including phenoxy) is 1. The standard InChI is InChI=1S/C17H20N2O2S/c1-10-8-18-14(11(2)15(10)21-3)9-19-17(20)16-13(6-7-22-16)12-4-5-12/h6-8,12H,4-5,9H2,1-3H3,(H,19,20). The molecule has 1 aliphatic carbocycles. The zero-order chi connectivity index (χ0) is 15.7. The van der Waals surface area contributed by atoms with Gasteiger partial charge in [0.2, 0.25) is 0 Å². The second-order valence-electron chi connectivity index (χ2n) is 5.71. The summed E-state index contributed by atoms with van der Waals surface area (Å²) in [4.78, 5) is 17.7. The lowest BCUT2D eigenvalue weighted by Crippen LogP contribution is -2.24. The summed E-state index contributed by atoms with van der Waals surface area (Å²) in [5, 5.41) is 4.99. The molecule has 2 heterocycles. The van der Waals surface area contributed by atoms with Crippen molar-refractivity contribution in [3.05, 3.63) is 44.9 Å². The number of aromatic nitrogens is 1. The van der Waals surface area contributed by atoms with Gasteiger partial charge in [-0.1, -0.05) is 0 Å². The summed E-state index contributed by atoms with van der Waals surface area (Å²) in [6.45, 7) is 4.36. The van der Waals surface area contributed by atoms with Gasteiger partial charge in [0.05, 0.1) is 24.2 Å². The first-order chi connectivity index (χ1) is 10.6. The van der Waals surface area contributed by atoms with Gasteiger partial charge in [-0.05, 0) is 49.6 Å². The number of nitrogens with zero attached hydrogens (tertiary/aromatic N) is 1. The molecule has 0 aliphatic heterocycles. The monoisotopic (exact) mass is 316 g/mol. The average molecular weight is 316 g/mol.